The summed E-state index contributed by atoms with van der Waals surface area (Å²) in [5.74, 6) is 0.288. The highest BCUT2D eigenvalue weighted by molar-refractivity contribution is 7.89. The molecule has 1 aliphatic rings. The predicted molar refractivity (Wildman–Crippen MR) is 80.6 cm³/mol. The molecule has 8 heteroatoms. The topological polar surface area (TPSA) is 84.9 Å². The minimum atomic E-state index is -3.75. The van der Waals surface area contributed by atoms with Crippen LogP contribution in [0.1, 0.15) is 11.1 Å². The van der Waals surface area contributed by atoms with Crippen LogP contribution in [0.25, 0.3) is 0 Å². The van der Waals surface area contributed by atoms with Crippen LogP contribution in [0.4, 0.5) is 4.79 Å². The van der Waals surface area contributed by atoms with E-state index in [0.717, 1.165) is 11.1 Å². The summed E-state index contributed by atoms with van der Waals surface area (Å²) in [4.78, 5) is 12.7. The summed E-state index contributed by atoms with van der Waals surface area (Å²) in [7, 11) is -0.722. The van der Waals surface area contributed by atoms with Gasteiger partial charge in [-0.2, -0.15) is 0 Å². The van der Waals surface area contributed by atoms with Gasteiger partial charge in [0.1, 0.15) is 16.7 Å². The largest absolute Gasteiger partial charge is 0.495 e. The molecular formula is C14H20N2O5S. The van der Waals surface area contributed by atoms with E-state index in [1.807, 2.05) is 13.8 Å². The Bertz CT molecular complexity index is 687. The van der Waals surface area contributed by atoms with Crippen molar-refractivity contribution in [2.45, 2.75) is 24.8 Å². The van der Waals surface area contributed by atoms with Crippen LogP contribution in [0, 0.1) is 13.8 Å². The number of rotatable bonds is 5. The van der Waals surface area contributed by atoms with E-state index in [1.165, 1.54) is 12.0 Å². The molecule has 0 bridgehead atoms. The molecular weight excluding hydrogens is 308 g/mol. The van der Waals surface area contributed by atoms with Gasteiger partial charge in [0.05, 0.1) is 13.7 Å². The quantitative estimate of drug-likeness (QED) is 0.873. The molecule has 0 aromatic heterocycles. The molecule has 0 spiro atoms. The van der Waals surface area contributed by atoms with Gasteiger partial charge in [0.2, 0.25) is 10.0 Å². The summed E-state index contributed by atoms with van der Waals surface area (Å²) in [5, 5.41) is 0. The Hall–Kier alpha value is -1.80. The zero-order valence-corrected chi connectivity index (χ0v) is 13.9. The standard InChI is InChI=1S/C14H20N2O5S/c1-9-5-12(20-4)13(6-10(9)2)22(18,19)15-7-11-8-16(3)14(17)21-11/h5-6,11,15H,7-8H2,1-4H3. The van der Waals surface area contributed by atoms with Gasteiger partial charge in [-0.1, -0.05) is 0 Å². The third-order valence-electron chi connectivity index (χ3n) is 3.63. The van der Waals surface area contributed by atoms with Crippen molar-refractivity contribution in [2.75, 3.05) is 27.2 Å². The summed E-state index contributed by atoms with van der Waals surface area (Å²) < 4.78 is 37.6. The molecule has 1 amide bonds. The van der Waals surface area contributed by atoms with Crippen LogP contribution < -0.4 is 9.46 Å². The maximum atomic E-state index is 12.4. The third-order valence-corrected chi connectivity index (χ3v) is 5.07. The molecule has 1 fully saturated rings. The van der Waals surface area contributed by atoms with Crippen molar-refractivity contribution in [3.63, 3.8) is 0 Å². The molecule has 1 unspecified atom stereocenters. The summed E-state index contributed by atoms with van der Waals surface area (Å²) in [6, 6.07) is 3.26. The number of sulfonamides is 1. The maximum Gasteiger partial charge on any atom is 0.410 e. The van der Waals surface area contributed by atoms with Gasteiger partial charge < -0.3 is 14.4 Å². The van der Waals surface area contributed by atoms with Gasteiger partial charge in [0, 0.05) is 13.6 Å². The first kappa shape index (κ1) is 16.6. The number of aryl methyl sites for hydroxylation is 2. The number of nitrogens with zero attached hydrogens (tertiary/aromatic N) is 1. The highest BCUT2D eigenvalue weighted by Gasteiger charge is 2.30. The average Bonchev–Trinajstić information content (AvgIpc) is 2.78. The summed E-state index contributed by atoms with van der Waals surface area (Å²) in [6.07, 6.45) is -0.947. The van der Waals surface area contributed by atoms with Crippen molar-refractivity contribution in [3.8, 4) is 5.75 Å². The van der Waals surface area contributed by atoms with Crippen LogP contribution in [0.3, 0.4) is 0 Å². The molecule has 1 aromatic rings. The lowest BCUT2D eigenvalue weighted by molar-refractivity contribution is 0.135. The predicted octanol–water partition coefficient (Wildman–Crippen LogP) is 1.04. The molecule has 0 saturated carbocycles. The first-order chi connectivity index (χ1) is 10.2. The van der Waals surface area contributed by atoms with Gasteiger partial charge in [0.25, 0.3) is 0 Å². The Morgan fingerprint density at radius 1 is 1.36 bits per heavy atom. The minimum absolute atomic E-state index is 0.0223. The van der Waals surface area contributed by atoms with Crippen LogP contribution >= 0.6 is 0 Å². The van der Waals surface area contributed by atoms with Crippen LogP contribution in [0.5, 0.6) is 5.75 Å². The molecule has 0 radical (unpaired) electrons. The smallest absolute Gasteiger partial charge is 0.410 e. The Balaban J connectivity index is 2.17. The zero-order valence-electron chi connectivity index (χ0n) is 13.0. The van der Waals surface area contributed by atoms with Crippen molar-refractivity contribution in [1.82, 2.24) is 9.62 Å². The SMILES string of the molecule is COc1cc(C)c(C)cc1S(=O)(=O)NCC1CN(C)C(=O)O1. The molecule has 7 nitrogen and oxygen atoms in total. The number of nitrogens with one attached hydrogen (secondary N) is 1. The van der Waals surface area contributed by atoms with Gasteiger partial charge in [-0.15, -0.1) is 0 Å². The second kappa shape index (κ2) is 6.13. The summed E-state index contributed by atoms with van der Waals surface area (Å²) in [6.45, 7) is 4.09. The van der Waals surface area contributed by atoms with E-state index in [9.17, 15) is 13.2 Å². The molecule has 1 N–H and O–H groups in total. The molecule has 1 aromatic carbocycles. The number of carbonyl (C=O) groups is 1. The van der Waals surface area contributed by atoms with Crippen molar-refractivity contribution in [3.05, 3.63) is 23.3 Å². The fourth-order valence-corrected chi connectivity index (χ4v) is 3.47. The molecule has 1 aliphatic heterocycles. The molecule has 122 valence electrons. The highest BCUT2D eigenvalue weighted by Crippen LogP contribution is 2.27. The molecule has 1 atom stereocenters. The summed E-state index contributed by atoms with van der Waals surface area (Å²) in [5.41, 5.74) is 1.80. The van der Waals surface area contributed by atoms with E-state index in [0.29, 0.717) is 6.54 Å². The number of hydrogen-bond donors (Lipinski definition) is 1. The molecule has 2 rings (SSSR count). The maximum absolute atomic E-state index is 12.4. The van der Waals surface area contributed by atoms with Gasteiger partial charge >= 0.3 is 6.09 Å². The van der Waals surface area contributed by atoms with Crippen LogP contribution in [-0.4, -0.2) is 52.8 Å². The lowest BCUT2D eigenvalue weighted by Crippen LogP contribution is -2.34. The van der Waals surface area contributed by atoms with E-state index < -0.39 is 22.2 Å². The van der Waals surface area contributed by atoms with Crippen LogP contribution in [0.2, 0.25) is 0 Å². The van der Waals surface area contributed by atoms with Gasteiger partial charge in [-0.05, 0) is 37.1 Å². The van der Waals surface area contributed by atoms with E-state index in [-0.39, 0.29) is 17.2 Å². The average molecular weight is 328 g/mol. The number of likely N-dealkylation sites (N-methyl/N-ethyl adjacent to an activating group) is 1. The second-order valence-corrected chi connectivity index (χ2v) is 7.06. The Morgan fingerprint density at radius 2 is 2.00 bits per heavy atom. The number of methoxy groups -OCH3 is 1. The number of benzene rings is 1. The van der Waals surface area contributed by atoms with E-state index >= 15 is 0 Å². The lowest BCUT2D eigenvalue weighted by atomic mass is 10.1. The highest BCUT2D eigenvalue weighted by atomic mass is 32.2. The van der Waals surface area contributed by atoms with Gasteiger partial charge in [-0.3, -0.25) is 0 Å². The number of ether oxygens (including phenoxy) is 2. The lowest BCUT2D eigenvalue weighted by Gasteiger charge is -2.14. The third kappa shape index (κ3) is 3.33. The molecule has 1 heterocycles. The van der Waals surface area contributed by atoms with E-state index in [2.05, 4.69) is 4.72 Å². The second-order valence-electron chi connectivity index (χ2n) is 5.33. The van der Waals surface area contributed by atoms with Crippen LogP contribution in [0.15, 0.2) is 17.0 Å². The number of amides is 1. The fraction of sp³-hybridized carbons (Fsp3) is 0.500. The number of cyclic esters (lactones) is 1. The fourth-order valence-electron chi connectivity index (χ4n) is 2.17. The number of hydrogen-bond acceptors (Lipinski definition) is 5. The Labute approximate surface area is 130 Å². The zero-order chi connectivity index (χ0) is 16.5. The summed E-state index contributed by atoms with van der Waals surface area (Å²) >= 11 is 0. The monoisotopic (exact) mass is 328 g/mol. The van der Waals surface area contributed by atoms with Gasteiger partial charge in [0.15, 0.2) is 0 Å². The van der Waals surface area contributed by atoms with Crippen LogP contribution in [-0.2, 0) is 14.8 Å². The van der Waals surface area contributed by atoms with Gasteiger partial charge in [-0.25, -0.2) is 17.9 Å². The number of carbonyl (C=O) groups excluding carboxylic acids is 1. The van der Waals surface area contributed by atoms with E-state index in [1.54, 1.807) is 19.2 Å². The first-order valence-corrected chi connectivity index (χ1v) is 8.29. The van der Waals surface area contributed by atoms with E-state index in [4.69, 9.17) is 9.47 Å². The molecule has 1 saturated heterocycles. The van der Waals surface area contributed by atoms with Crippen molar-refractivity contribution in [2.24, 2.45) is 0 Å². The normalized spacial score (nSPS) is 18.5. The Kier molecular flexibility index (Phi) is 4.62. The Morgan fingerprint density at radius 3 is 2.55 bits per heavy atom. The van der Waals surface area contributed by atoms with Crippen molar-refractivity contribution < 1.29 is 22.7 Å². The molecule has 0 aliphatic carbocycles. The molecule has 22 heavy (non-hydrogen) atoms. The minimum Gasteiger partial charge on any atom is -0.495 e. The first-order valence-electron chi connectivity index (χ1n) is 6.81. The van der Waals surface area contributed by atoms with Crippen molar-refractivity contribution in [1.29, 1.82) is 0 Å². The van der Waals surface area contributed by atoms with Crippen molar-refractivity contribution >= 4 is 16.1 Å².